The first kappa shape index (κ1) is 35.5. The molecule has 49 heavy (non-hydrogen) atoms. The Kier molecular flexibility index (Phi) is 11.1. The van der Waals surface area contributed by atoms with Crippen molar-refractivity contribution in [1.29, 1.82) is 0 Å². The lowest BCUT2D eigenvalue weighted by Gasteiger charge is -2.51. The summed E-state index contributed by atoms with van der Waals surface area (Å²) in [6, 6.07) is 8.76. The number of para-hydroxylation sites is 1. The van der Waals surface area contributed by atoms with Gasteiger partial charge in [0.1, 0.15) is 11.9 Å². The number of ketones is 1. The molecule has 0 spiro atoms. The van der Waals surface area contributed by atoms with E-state index in [4.69, 9.17) is 21.1 Å². The van der Waals surface area contributed by atoms with Gasteiger partial charge < -0.3 is 24.5 Å². The fourth-order valence-electron chi connectivity index (χ4n) is 7.51. The van der Waals surface area contributed by atoms with Crippen LogP contribution in [0.2, 0.25) is 5.02 Å². The molecule has 1 aliphatic carbocycles. The predicted molar refractivity (Wildman–Crippen MR) is 185 cm³/mol. The number of Topliss-reactive ketones (excluding diaryl/α,β-unsaturated/α-hetero) is 1. The van der Waals surface area contributed by atoms with E-state index >= 15 is 4.39 Å². The molecule has 2 saturated heterocycles. The summed E-state index contributed by atoms with van der Waals surface area (Å²) in [5.74, 6) is -2.57. The van der Waals surface area contributed by atoms with Crippen LogP contribution in [0.25, 0.3) is 10.9 Å². The fourth-order valence-corrected chi connectivity index (χ4v) is 7.74. The number of piperidine rings is 1. The van der Waals surface area contributed by atoms with E-state index < -0.39 is 29.8 Å². The number of carbonyl (C=O) groups excluding carboxylic acids is 2. The van der Waals surface area contributed by atoms with Crippen LogP contribution in [-0.4, -0.2) is 81.6 Å². The van der Waals surface area contributed by atoms with Gasteiger partial charge in [-0.1, -0.05) is 36.2 Å². The molecule has 10 nitrogen and oxygen atoms in total. The summed E-state index contributed by atoms with van der Waals surface area (Å²) in [4.78, 5) is 43.0. The molecule has 2 atom stereocenters. The molecular weight excluding hydrogens is 651 g/mol. The first-order valence-electron chi connectivity index (χ1n) is 17.5. The second kappa shape index (κ2) is 15.3. The molecule has 0 bridgehead atoms. The van der Waals surface area contributed by atoms with Crippen LogP contribution < -0.4 is 5.32 Å². The largest absolute Gasteiger partial charge is 0.481 e. The van der Waals surface area contributed by atoms with Crippen molar-refractivity contribution >= 4 is 45.9 Å². The first-order valence-corrected chi connectivity index (χ1v) is 17.9. The highest BCUT2D eigenvalue weighted by Gasteiger charge is 2.50. The number of nitrogens with zero attached hydrogens (tertiary/aromatic N) is 3. The number of nitrogens with one attached hydrogen (secondary N) is 1. The van der Waals surface area contributed by atoms with Crippen molar-refractivity contribution in [3.05, 3.63) is 64.6 Å². The standard InChI is InChI=1S/C37H46ClFN4O6/c1-24(48-37(43-18-8-9-19-43,42-16-6-3-7-17-42)49-27-14-12-25(13-15-27)36(46)47)34(44)21-26-20-30(38)32(22-31(26)39)40-35(45)29-23-41(2)33-11-5-4-10-28(29)33/h4-5,10-11,20,22-25,27H,3,6-9,12-19,21H2,1-2H3,(H,40,45)(H,46,47). The van der Waals surface area contributed by atoms with E-state index in [0.717, 1.165) is 75.3 Å². The lowest BCUT2D eigenvalue weighted by molar-refractivity contribution is -0.411. The summed E-state index contributed by atoms with van der Waals surface area (Å²) in [6.45, 7) is 4.67. The van der Waals surface area contributed by atoms with Crippen LogP contribution in [0.4, 0.5) is 10.1 Å². The molecule has 2 N–H and O–H groups in total. The summed E-state index contributed by atoms with van der Waals surface area (Å²) < 4.78 is 31.1. The van der Waals surface area contributed by atoms with Gasteiger partial charge in [-0.15, -0.1) is 0 Å². The van der Waals surface area contributed by atoms with Gasteiger partial charge in [0.05, 0.1) is 28.3 Å². The molecule has 3 aliphatic rings. The molecule has 2 aliphatic heterocycles. The second-order valence-electron chi connectivity index (χ2n) is 13.7. The van der Waals surface area contributed by atoms with E-state index in [1.165, 1.54) is 6.07 Å². The number of benzene rings is 2. The quantitative estimate of drug-likeness (QED) is 0.204. The number of carboxylic acid groups (broad SMARTS) is 1. The molecular formula is C37H46ClFN4O6. The summed E-state index contributed by atoms with van der Waals surface area (Å²) in [5.41, 5.74) is 1.54. The van der Waals surface area contributed by atoms with Crippen molar-refractivity contribution in [2.75, 3.05) is 31.5 Å². The molecule has 1 saturated carbocycles. The van der Waals surface area contributed by atoms with Gasteiger partial charge >= 0.3 is 5.97 Å². The summed E-state index contributed by atoms with van der Waals surface area (Å²) in [7, 11) is 1.85. The molecule has 1 aromatic heterocycles. The van der Waals surface area contributed by atoms with Gasteiger partial charge in [-0.2, -0.15) is 0 Å². The number of hydrogen-bond acceptors (Lipinski definition) is 7. The smallest absolute Gasteiger partial charge is 0.306 e. The van der Waals surface area contributed by atoms with Crippen LogP contribution in [-0.2, 0) is 32.5 Å². The minimum absolute atomic E-state index is 0.103. The van der Waals surface area contributed by atoms with Crippen LogP contribution in [0.3, 0.4) is 0 Å². The number of carbonyl (C=O) groups is 3. The number of carboxylic acids is 1. The van der Waals surface area contributed by atoms with Crippen LogP contribution in [0, 0.1) is 11.7 Å². The van der Waals surface area contributed by atoms with Gasteiger partial charge in [-0.3, -0.25) is 14.4 Å². The Morgan fingerprint density at radius 2 is 1.63 bits per heavy atom. The molecule has 3 heterocycles. The van der Waals surface area contributed by atoms with Crippen LogP contribution in [0.15, 0.2) is 42.6 Å². The molecule has 1 amide bonds. The van der Waals surface area contributed by atoms with E-state index in [1.54, 1.807) is 13.1 Å². The van der Waals surface area contributed by atoms with Crippen LogP contribution >= 0.6 is 11.6 Å². The maximum absolute atomic E-state index is 15.5. The molecule has 2 unspecified atom stereocenters. The number of aryl methyl sites for hydroxylation is 1. The number of likely N-dealkylation sites (tertiary alicyclic amines) is 2. The third-order valence-corrected chi connectivity index (χ3v) is 10.6. The molecule has 264 valence electrons. The Morgan fingerprint density at radius 1 is 1.00 bits per heavy atom. The van der Waals surface area contributed by atoms with Gasteiger partial charge in [-0.25, -0.2) is 14.2 Å². The highest BCUT2D eigenvalue weighted by molar-refractivity contribution is 6.34. The number of fused-ring (bicyclic) bond motifs is 1. The van der Waals surface area contributed by atoms with Crippen molar-refractivity contribution in [1.82, 2.24) is 14.4 Å². The number of anilines is 1. The number of aliphatic carboxylic acids is 1. The Labute approximate surface area is 291 Å². The van der Waals surface area contributed by atoms with E-state index in [0.29, 0.717) is 31.2 Å². The number of halogens is 2. The topological polar surface area (TPSA) is 113 Å². The summed E-state index contributed by atoms with van der Waals surface area (Å²) in [6.07, 6.45) is 7.56. The Morgan fingerprint density at radius 3 is 2.29 bits per heavy atom. The Bertz CT molecular complexity index is 1680. The molecule has 12 heteroatoms. The minimum atomic E-state index is -1.28. The lowest BCUT2D eigenvalue weighted by Crippen LogP contribution is -2.67. The minimum Gasteiger partial charge on any atom is -0.481 e. The van der Waals surface area contributed by atoms with Crippen LogP contribution in [0.1, 0.15) is 80.6 Å². The summed E-state index contributed by atoms with van der Waals surface area (Å²) >= 11 is 6.55. The van der Waals surface area contributed by atoms with E-state index in [9.17, 15) is 19.5 Å². The van der Waals surface area contributed by atoms with E-state index in [-0.39, 0.29) is 40.5 Å². The lowest BCUT2D eigenvalue weighted by atomic mass is 9.87. The molecule has 3 fully saturated rings. The Balaban J connectivity index is 1.18. The number of amides is 1. The number of hydrogen-bond donors (Lipinski definition) is 2. The van der Waals surface area contributed by atoms with Crippen molar-refractivity contribution in [2.45, 2.75) is 89.4 Å². The zero-order valence-corrected chi connectivity index (χ0v) is 29.0. The second-order valence-corrected chi connectivity index (χ2v) is 14.1. The maximum Gasteiger partial charge on any atom is 0.306 e. The first-order chi connectivity index (χ1) is 23.6. The summed E-state index contributed by atoms with van der Waals surface area (Å²) in [5, 5.41) is 13.1. The third-order valence-electron chi connectivity index (χ3n) is 10.3. The zero-order chi connectivity index (χ0) is 34.7. The van der Waals surface area contributed by atoms with Crippen molar-refractivity contribution in [3.63, 3.8) is 0 Å². The fraction of sp³-hybridized carbons (Fsp3) is 0.541. The van der Waals surface area contributed by atoms with Crippen molar-refractivity contribution in [2.24, 2.45) is 13.0 Å². The average molecular weight is 697 g/mol. The SMILES string of the molecule is CC(OC(OC1CCC(C(=O)O)CC1)(N1CCCCC1)N1CCCC1)C(=O)Cc1cc(Cl)c(NC(=O)c2cn(C)c3ccccc23)cc1F. The Hall–Kier alpha value is -3.35. The van der Waals surface area contributed by atoms with E-state index in [2.05, 4.69) is 15.1 Å². The highest BCUT2D eigenvalue weighted by atomic mass is 35.5. The predicted octanol–water partition coefficient (Wildman–Crippen LogP) is 6.59. The van der Waals surface area contributed by atoms with Crippen molar-refractivity contribution in [3.8, 4) is 0 Å². The zero-order valence-electron chi connectivity index (χ0n) is 28.3. The molecule has 6 rings (SSSR count). The normalized spacial score (nSPS) is 22.5. The van der Waals surface area contributed by atoms with E-state index in [1.807, 2.05) is 35.9 Å². The molecule has 3 aromatic rings. The van der Waals surface area contributed by atoms with Crippen LogP contribution in [0.5, 0.6) is 0 Å². The molecule has 0 radical (unpaired) electrons. The number of ether oxygens (including phenoxy) is 2. The number of aromatic nitrogens is 1. The number of rotatable bonds is 12. The third kappa shape index (κ3) is 7.71. The maximum atomic E-state index is 15.5. The van der Waals surface area contributed by atoms with Gasteiger partial charge in [0.2, 0.25) is 0 Å². The molecule has 2 aromatic carbocycles. The van der Waals surface area contributed by atoms with Gasteiger partial charge in [0.15, 0.2) is 5.78 Å². The monoisotopic (exact) mass is 696 g/mol. The highest BCUT2D eigenvalue weighted by Crippen LogP contribution is 2.38. The van der Waals surface area contributed by atoms with Crippen molar-refractivity contribution < 1.29 is 33.4 Å². The van der Waals surface area contributed by atoms with Gasteiger partial charge in [0, 0.05) is 56.7 Å². The average Bonchev–Trinajstić information content (AvgIpc) is 3.76. The van der Waals surface area contributed by atoms with Gasteiger partial charge in [-0.05, 0) is 82.1 Å². The van der Waals surface area contributed by atoms with Gasteiger partial charge in [0.25, 0.3) is 11.9 Å².